The average Bonchev–Trinajstić information content (AvgIpc) is 2.20. The van der Waals surface area contributed by atoms with Gasteiger partial charge in [0.25, 0.3) is 0 Å². The molecular formula is C11H16BrN3O. The summed E-state index contributed by atoms with van der Waals surface area (Å²) < 4.78 is 0.892. The van der Waals surface area contributed by atoms with Crippen molar-refractivity contribution in [3.05, 3.63) is 22.3 Å². The van der Waals surface area contributed by atoms with Gasteiger partial charge in [-0.3, -0.25) is 4.79 Å². The number of anilines is 1. The summed E-state index contributed by atoms with van der Waals surface area (Å²) >= 11 is 3.32. The Kier molecular flexibility index (Phi) is 4.44. The monoisotopic (exact) mass is 285 g/mol. The minimum absolute atomic E-state index is 0.104. The van der Waals surface area contributed by atoms with Crippen LogP contribution in [0.3, 0.4) is 0 Å². The lowest BCUT2D eigenvalue weighted by molar-refractivity contribution is -0.119. The predicted molar refractivity (Wildman–Crippen MR) is 68.1 cm³/mol. The fourth-order valence-electron chi connectivity index (χ4n) is 1.14. The number of pyridine rings is 1. The number of nitrogens with one attached hydrogen (secondary N) is 1. The minimum Gasteiger partial charge on any atom is -0.327 e. The van der Waals surface area contributed by atoms with Crippen molar-refractivity contribution in [2.75, 3.05) is 5.32 Å². The first-order valence-electron chi connectivity index (χ1n) is 5.10. The van der Waals surface area contributed by atoms with E-state index in [1.807, 2.05) is 19.9 Å². The number of carbonyl (C=O) groups is 1. The Morgan fingerprint density at radius 1 is 1.56 bits per heavy atom. The predicted octanol–water partition coefficient (Wildman–Crippen LogP) is 2.07. The molecule has 4 nitrogen and oxygen atoms in total. The van der Waals surface area contributed by atoms with Crippen molar-refractivity contribution >= 4 is 27.7 Å². The van der Waals surface area contributed by atoms with Crippen LogP contribution < -0.4 is 11.1 Å². The number of aryl methyl sites for hydroxylation is 1. The molecular weight excluding hydrogens is 270 g/mol. The molecule has 88 valence electrons. The minimum atomic E-state index is -0.232. The summed E-state index contributed by atoms with van der Waals surface area (Å²) in [4.78, 5) is 15.9. The zero-order valence-electron chi connectivity index (χ0n) is 9.62. The fourth-order valence-corrected chi connectivity index (χ4v) is 1.59. The number of hydrogen-bond donors (Lipinski definition) is 2. The van der Waals surface area contributed by atoms with E-state index in [-0.39, 0.29) is 17.9 Å². The Hall–Kier alpha value is -0.940. The third-order valence-electron chi connectivity index (χ3n) is 2.49. The van der Waals surface area contributed by atoms with Crippen LogP contribution in [0.2, 0.25) is 0 Å². The van der Waals surface area contributed by atoms with Crippen LogP contribution in [0, 0.1) is 12.8 Å². The Balaban J connectivity index is 2.77. The molecule has 0 aliphatic heterocycles. The van der Waals surface area contributed by atoms with Gasteiger partial charge in [0, 0.05) is 16.7 Å². The van der Waals surface area contributed by atoms with Gasteiger partial charge in [-0.15, -0.1) is 0 Å². The lowest BCUT2D eigenvalue weighted by atomic mass is 10.0. The molecule has 5 heteroatoms. The van der Waals surface area contributed by atoms with Gasteiger partial charge in [0.2, 0.25) is 5.91 Å². The second-order valence-electron chi connectivity index (χ2n) is 3.96. The first kappa shape index (κ1) is 13.1. The maximum atomic E-state index is 11.7. The molecule has 3 N–H and O–H groups in total. The Morgan fingerprint density at radius 3 is 2.69 bits per heavy atom. The SMILES string of the molecule is Cc1cc(Br)cnc1NC(=O)C(C)C(C)N. The first-order chi connectivity index (χ1) is 7.41. The summed E-state index contributed by atoms with van der Waals surface area (Å²) in [5.74, 6) is 0.249. The van der Waals surface area contributed by atoms with Gasteiger partial charge in [-0.05, 0) is 41.4 Å². The van der Waals surface area contributed by atoms with E-state index in [1.165, 1.54) is 0 Å². The number of rotatable bonds is 3. The average molecular weight is 286 g/mol. The summed E-state index contributed by atoms with van der Waals surface area (Å²) in [6.45, 7) is 5.50. The third-order valence-corrected chi connectivity index (χ3v) is 2.92. The van der Waals surface area contributed by atoms with Gasteiger partial charge < -0.3 is 11.1 Å². The van der Waals surface area contributed by atoms with Gasteiger partial charge in [-0.2, -0.15) is 0 Å². The highest BCUT2D eigenvalue weighted by Gasteiger charge is 2.18. The summed E-state index contributed by atoms with van der Waals surface area (Å²) in [5.41, 5.74) is 6.58. The molecule has 0 aliphatic rings. The topological polar surface area (TPSA) is 68.0 Å². The van der Waals surface area contributed by atoms with Crippen LogP contribution in [-0.2, 0) is 4.79 Å². The molecule has 0 saturated heterocycles. The van der Waals surface area contributed by atoms with Crippen LogP contribution >= 0.6 is 15.9 Å². The molecule has 1 amide bonds. The van der Waals surface area contributed by atoms with Crippen molar-refractivity contribution in [1.29, 1.82) is 0 Å². The molecule has 1 aromatic heterocycles. The van der Waals surface area contributed by atoms with Crippen molar-refractivity contribution in [2.45, 2.75) is 26.8 Å². The molecule has 2 atom stereocenters. The van der Waals surface area contributed by atoms with Crippen LogP contribution in [0.15, 0.2) is 16.7 Å². The second kappa shape index (κ2) is 5.41. The Morgan fingerprint density at radius 2 is 2.19 bits per heavy atom. The molecule has 0 fully saturated rings. The Bertz CT molecular complexity index is 393. The highest BCUT2D eigenvalue weighted by molar-refractivity contribution is 9.10. The van der Waals surface area contributed by atoms with Crippen LogP contribution in [0.1, 0.15) is 19.4 Å². The molecule has 0 spiro atoms. The van der Waals surface area contributed by atoms with Gasteiger partial charge in [0.15, 0.2) is 0 Å². The van der Waals surface area contributed by atoms with Crippen LogP contribution in [0.5, 0.6) is 0 Å². The lowest BCUT2D eigenvalue weighted by Gasteiger charge is -2.15. The number of halogens is 1. The smallest absolute Gasteiger partial charge is 0.229 e. The normalized spacial score (nSPS) is 14.3. The van der Waals surface area contributed by atoms with Crippen LogP contribution in [-0.4, -0.2) is 16.9 Å². The largest absolute Gasteiger partial charge is 0.327 e. The highest BCUT2D eigenvalue weighted by atomic mass is 79.9. The quantitative estimate of drug-likeness (QED) is 0.893. The number of nitrogens with two attached hydrogens (primary N) is 1. The fraction of sp³-hybridized carbons (Fsp3) is 0.455. The third kappa shape index (κ3) is 3.28. The molecule has 0 saturated carbocycles. The molecule has 0 aromatic carbocycles. The van der Waals surface area contributed by atoms with E-state index < -0.39 is 0 Å². The first-order valence-corrected chi connectivity index (χ1v) is 5.89. The Labute approximate surface area is 104 Å². The molecule has 1 heterocycles. The van der Waals surface area contributed by atoms with E-state index >= 15 is 0 Å². The number of carbonyl (C=O) groups excluding carboxylic acids is 1. The maximum Gasteiger partial charge on any atom is 0.229 e. The van der Waals surface area contributed by atoms with E-state index in [2.05, 4.69) is 26.2 Å². The summed E-state index contributed by atoms with van der Waals surface area (Å²) in [6, 6.07) is 1.73. The zero-order chi connectivity index (χ0) is 12.3. The number of amides is 1. The molecule has 2 unspecified atom stereocenters. The summed E-state index contributed by atoms with van der Waals surface area (Å²) in [7, 11) is 0. The van der Waals surface area contributed by atoms with Crippen molar-refractivity contribution < 1.29 is 4.79 Å². The molecule has 16 heavy (non-hydrogen) atoms. The van der Waals surface area contributed by atoms with E-state index in [0.717, 1.165) is 10.0 Å². The molecule has 0 aliphatic carbocycles. The van der Waals surface area contributed by atoms with Crippen LogP contribution in [0.25, 0.3) is 0 Å². The van der Waals surface area contributed by atoms with Crippen LogP contribution in [0.4, 0.5) is 5.82 Å². The van der Waals surface area contributed by atoms with E-state index in [0.29, 0.717) is 5.82 Å². The van der Waals surface area contributed by atoms with Gasteiger partial charge in [-0.1, -0.05) is 6.92 Å². The van der Waals surface area contributed by atoms with E-state index in [9.17, 15) is 4.79 Å². The van der Waals surface area contributed by atoms with Gasteiger partial charge in [0.1, 0.15) is 5.82 Å². The molecule has 0 radical (unpaired) electrons. The molecule has 1 rings (SSSR count). The van der Waals surface area contributed by atoms with Crippen molar-refractivity contribution in [2.24, 2.45) is 11.7 Å². The number of nitrogens with zero attached hydrogens (tertiary/aromatic N) is 1. The lowest BCUT2D eigenvalue weighted by Crippen LogP contribution is -2.34. The standard InChI is InChI=1S/C11H16BrN3O/c1-6-4-9(12)5-14-10(6)15-11(16)7(2)8(3)13/h4-5,7-8H,13H2,1-3H3,(H,14,15,16). The van der Waals surface area contributed by atoms with Crippen molar-refractivity contribution in [3.8, 4) is 0 Å². The number of hydrogen-bond acceptors (Lipinski definition) is 3. The summed E-state index contributed by atoms with van der Waals surface area (Å²) in [5, 5.41) is 2.77. The van der Waals surface area contributed by atoms with Gasteiger partial charge >= 0.3 is 0 Å². The zero-order valence-corrected chi connectivity index (χ0v) is 11.2. The number of aromatic nitrogens is 1. The van der Waals surface area contributed by atoms with Crippen molar-refractivity contribution in [3.63, 3.8) is 0 Å². The van der Waals surface area contributed by atoms with E-state index in [1.54, 1.807) is 13.1 Å². The summed E-state index contributed by atoms with van der Waals surface area (Å²) in [6.07, 6.45) is 1.65. The van der Waals surface area contributed by atoms with E-state index in [4.69, 9.17) is 5.73 Å². The second-order valence-corrected chi connectivity index (χ2v) is 4.87. The van der Waals surface area contributed by atoms with Crippen molar-refractivity contribution in [1.82, 2.24) is 4.98 Å². The van der Waals surface area contributed by atoms with Gasteiger partial charge in [0.05, 0.1) is 5.92 Å². The highest BCUT2D eigenvalue weighted by Crippen LogP contribution is 2.17. The maximum absolute atomic E-state index is 11.7. The molecule has 1 aromatic rings. The molecule has 0 bridgehead atoms. The van der Waals surface area contributed by atoms with Gasteiger partial charge in [-0.25, -0.2) is 4.98 Å².